The molecule has 0 aromatic heterocycles. The Balaban J connectivity index is 2.39. The predicted molar refractivity (Wildman–Crippen MR) is 54.0 cm³/mol. The molecular weight excluding hydrogens is 249 g/mol. The molecule has 1 aliphatic rings. The third-order valence-electron chi connectivity index (χ3n) is 1.92. The fourth-order valence-corrected chi connectivity index (χ4v) is 1.52. The number of hydrogen-bond donors (Lipinski definition) is 0. The summed E-state index contributed by atoms with van der Waals surface area (Å²) in [5.74, 6) is -0.195. The largest absolute Gasteiger partial charge is 0.501 e. The van der Waals surface area contributed by atoms with E-state index < -0.39 is 5.82 Å². The second-order valence-corrected chi connectivity index (χ2v) is 4.08. The molecule has 0 atom stereocenters. The first kappa shape index (κ1) is 9.47. The first-order chi connectivity index (χ1) is 6.70. The van der Waals surface area contributed by atoms with E-state index in [2.05, 4.69) is 20.8 Å². The van der Waals surface area contributed by atoms with E-state index in [1.807, 2.05) is 0 Å². The minimum absolute atomic E-state index is 0.0277. The van der Waals surface area contributed by atoms with E-state index in [0.29, 0.717) is 10.2 Å². The van der Waals surface area contributed by atoms with Crippen molar-refractivity contribution < 1.29 is 9.13 Å². The monoisotopic (exact) mass is 255 g/mol. The standard InChI is InChI=1S/C10H7BrFNO/c1-13-10-8(12)4-6(11)5-9(10)14-7-2-3-7/h4-5,7H,2-3H2. The van der Waals surface area contributed by atoms with Gasteiger partial charge in [0.25, 0.3) is 5.69 Å². The number of benzene rings is 1. The van der Waals surface area contributed by atoms with Crippen molar-refractivity contribution in [3.63, 3.8) is 0 Å². The summed E-state index contributed by atoms with van der Waals surface area (Å²) >= 11 is 3.16. The van der Waals surface area contributed by atoms with Gasteiger partial charge in [0.05, 0.1) is 12.7 Å². The molecule has 2 rings (SSSR count). The third-order valence-corrected chi connectivity index (χ3v) is 2.38. The zero-order chi connectivity index (χ0) is 10.1. The van der Waals surface area contributed by atoms with Crippen LogP contribution in [0.2, 0.25) is 0 Å². The molecule has 1 aromatic carbocycles. The molecular formula is C10H7BrFNO. The highest BCUT2D eigenvalue weighted by molar-refractivity contribution is 9.10. The number of halogens is 2. The molecule has 0 saturated heterocycles. The van der Waals surface area contributed by atoms with Crippen LogP contribution in [0, 0.1) is 12.4 Å². The zero-order valence-electron chi connectivity index (χ0n) is 7.26. The van der Waals surface area contributed by atoms with Gasteiger partial charge in [-0.3, -0.25) is 0 Å². The zero-order valence-corrected chi connectivity index (χ0v) is 8.84. The highest BCUT2D eigenvalue weighted by Crippen LogP contribution is 2.37. The molecule has 14 heavy (non-hydrogen) atoms. The molecule has 1 saturated carbocycles. The Morgan fingerprint density at radius 2 is 2.21 bits per heavy atom. The molecule has 0 amide bonds. The van der Waals surface area contributed by atoms with Crippen molar-refractivity contribution in [1.29, 1.82) is 0 Å². The number of hydrogen-bond acceptors (Lipinski definition) is 1. The highest BCUT2D eigenvalue weighted by atomic mass is 79.9. The topological polar surface area (TPSA) is 13.6 Å². The van der Waals surface area contributed by atoms with Crippen molar-refractivity contribution in [3.8, 4) is 5.75 Å². The van der Waals surface area contributed by atoms with Crippen molar-refractivity contribution in [3.05, 3.63) is 33.8 Å². The van der Waals surface area contributed by atoms with Crippen LogP contribution in [0.25, 0.3) is 4.85 Å². The van der Waals surface area contributed by atoms with Crippen LogP contribution in [0.4, 0.5) is 10.1 Å². The van der Waals surface area contributed by atoms with Gasteiger partial charge in [-0.1, -0.05) is 15.9 Å². The summed E-state index contributed by atoms with van der Waals surface area (Å²) in [4.78, 5) is 3.12. The molecule has 1 aliphatic carbocycles. The second kappa shape index (κ2) is 3.58. The van der Waals surface area contributed by atoms with E-state index in [-0.39, 0.29) is 11.8 Å². The van der Waals surface area contributed by atoms with Crippen molar-refractivity contribution in [1.82, 2.24) is 0 Å². The Bertz CT molecular complexity index is 409. The summed E-state index contributed by atoms with van der Waals surface area (Å²) in [7, 11) is 0. The van der Waals surface area contributed by atoms with E-state index in [1.165, 1.54) is 6.07 Å². The highest BCUT2D eigenvalue weighted by Gasteiger charge is 2.25. The smallest absolute Gasteiger partial charge is 0.262 e. The fourth-order valence-electron chi connectivity index (χ4n) is 1.11. The molecule has 72 valence electrons. The van der Waals surface area contributed by atoms with E-state index in [0.717, 1.165) is 12.8 Å². The molecule has 1 fully saturated rings. The van der Waals surface area contributed by atoms with Crippen LogP contribution >= 0.6 is 15.9 Å². The number of rotatable bonds is 2. The van der Waals surface area contributed by atoms with Gasteiger partial charge in [-0.05, 0) is 25.0 Å². The summed E-state index contributed by atoms with van der Waals surface area (Å²) in [5, 5.41) is 0. The lowest BCUT2D eigenvalue weighted by Gasteiger charge is -2.07. The van der Waals surface area contributed by atoms with Gasteiger partial charge in [-0.25, -0.2) is 9.24 Å². The van der Waals surface area contributed by atoms with Gasteiger partial charge in [0.1, 0.15) is 11.6 Å². The quantitative estimate of drug-likeness (QED) is 0.736. The van der Waals surface area contributed by atoms with E-state index >= 15 is 0 Å². The van der Waals surface area contributed by atoms with E-state index in [1.54, 1.807) is 6.07 Å². The van der Waals surface area contributed by atoms with Gasteiger partial charge >= 0.3 is 0 Å². The van der Waals surface area contributed by atoms with Crippen LogP contribution in [0.3, 0.4) is 0 Å². The van der Waals surface area contributed by atoms with Crippen molar-refractivity contribution >= 4 is 21.6 Å². The Morgan fingerprint density at radius 1 is 1.50 bits per heavy atom. The van der Waals surface area contributed by atoms with Gasteiger partial charge in [0.15, 0.2) is 0 Å². The summed E-state index contributed by atoms with van der Waals surface area (Å²) in [6.07, 6.45) is 2.15. The predicted octanol–water partition coefficient (Wildman–Crippen LogP) is 3.68. The molecule has 2 nitrogen and oxygen atoms in total. The first-order valence-electron chi connectivity index (χ1n) is 4.24. The first-order valence-corrected chi connectivity index (χ1v) is 5.03. The van der Waals surface area contributed by atoms with E-state index in [9.17, 15) is 4.39 Å². The lowest BCUT2D eigenvalue weighted by Crippen LogP contribution is -1.96. The maximum atomic E-state index is 13.3. The Labute approximate surface area is 89.6 Å². The molecule has 1 aromatic rings. The minimum Gasteiger partial charge on any atom is -0.501 e. The lowest BCUT2D eigenvalue weighted by atomic mass is 10.3. The molecule has 0 radical (unpaired) electrons. The van der Waals surface area contributed by atoms with Crippen molar-refractivity contribution in [2.75, 3.05) is 0 Å². The maximum absolute atomic E-state index is 13.3. The van der Waals surface area contributed by atoms with Crippen LogP contribution in [0.1, 0.15) is 12.8 Å². The molecule has 0 aliphatic heterocycles. The maximum Gasteiger partial charge on any atom is 0.262 e. The molecule has 0 N–H and O–H groups in total. The summed E-state index contributed by atoms with van der Waals surface area (Å²) < 4.78 is 19.3. The average Bonchev–Trinajstić information content (AvgIpc) is 2.87. The Hall–Kier alpha value is -1.08. The normalized spacial score (nSPS) is 14.9. The number of ether oxygens (including phenoxy) is 1. The van der Waals surface area contributed by atoms with Gasteiger partial charge in [0, 0.05) is 4.47 Å². The van der Waals surface area contributed by atoms with Crippen LogP contribution < -0.4 is 4.74 Å². The Morgan fingerprint density at radius 3 is 2.79 bits per heavy atom. The number of nitrogens with zero attached hydrogens (tertiary/aromatic N) is 1. The molecule has 0 unspecified atom stereocenters. The van der Waals surface area contributed by atoms with Gasteiger partial charge in [-0.2, -0.15) is 0 Å². The molecule has 0 bridgehead atoms. The van der Waals surface area contributed by atoms with Crippen LogP contribution in [0.5, 0.6) is 5.75 Å². The molecule has 0 heterocycles. The summed E-state index contributed by atoms with van der Waals surface area (Å²) in [6, 6.07) is 2.90. The van der Waals surface area contributed by atoms with Crippen molar-refractivity contribution in [2.45, 2.75) is 18.9 Å². The minimum atomic E-state index is -0.537. The van der Waals surface area contributed by atoms with Crippen LogP contribution in [-0.4, -0.2) is 6.10 Å². The SMILES string of the molecule is [C-]#[N+]c1c(F)cc(Br)cc1OC1CC1. The third kappa shape index (κ3) is 1.88. The fraction of sp³-hybridized carbons (Fsp3) is 0.300. The Kier molecular flexibility index (Phi) is 2.42. The van der Waals surface area contributed by atoms with Crippen LogP contribution in [-0.2, 0) is 0 Å². The molecule has 4 heteroatoms. The van der Waals surface area contributed by atoms with Gasteiger partial charge in [-0.15, -0.1) is 0 Å². The van der Waals surface area contributed by atoms with Crippen molar-refractivity contribution in [2.24, 2.45) is 0 Å². The summed E-state index contributed by atoms with van der Waals surface area (Å²) in [5.41, 5.74) is -0.0277. The summed E-state index contributed by atoms with van der Waals surface area (Å²) in [6.45, 7) is 6.85. The van der Waals surface area contributed by atoms with Gasteiger partial charge in [0.2, 0.25) is 0 Å². The van der Waals surface area contributed by atoms with Gasteiger partial charge < -0.3 is 4.74 Å². The van der Waals surface area contributed by atoms with Crippen LogP contribution in [0.15, 0.2) is 16.6 Å². The van der Waals surface area contributed by atoms with E-state index in [4.69, 9.17) is 11.3 Å². The second-order valence-electron chi connectivity index (χ2n) is 3.16. The molecule has 0 spiro atoms. The average molecular weight is 256 g/mol. The lowest BCUT2D eigenvalue weighted by molar-refractivity contribution is 0.304.